The Morgan fingerprint density at radius 3 is 2.52 bits per heavy atom. The van der Waals surface area contributed by atoms with Crippen LogP contribution in [-0.4, -0.2) is 29.5 Å². The smallest absolute Gasteiger partial charge is 0.307 e. The molecule has 0 radical (unpaired) electrons. The van der Waals surface area contributed by atoms with Crippen LogP contribution in [0.2, 0.25) is 0 Å². The average Bonchev–Trinajstić information content (AvgIpc) is 2.62. The molecular weight excluding hydrogens is 322 g/mol. The Morgan fingerprint density at radius 1 is 1.32 bits per heavy atom. The standard InChI is InChI=1S/C14H17NO4.C5H6O/c1-4-5-6-13(16)19-8-11-7-15-10(2)14(17)12(11)9-18-3;1-2-3-4-5-6/h1,7,17H,5-6,8-9H2,2-3H3;1,5H,3-4H2. The van der Waals surface area contributed by atoms with Crippen molar-refractivity contribution >= 4 is 12.3 Å². The number of unbranched alkanes of at least 4 members (excludes halogenated alkanes) is 1. The third-order valence-electron chi connectivity index (χ3n) is 2.99. The lowest BCUT2D eigenvalue weighted by Gasteiger charge is -2.12. The van der Waals surface area contributed by atoms with Crippen LogP contribution in [0.5, 0.6) is 5.75 Å². The predicted molar refractivity (Wildman–Crippen MR) is 93.3 cm³/mol. The number of nitrogens with zero attached hydrogens (tertiary/aromatic N) is 1. The van der Waals surface area contributed by atoms with Crippen molar-refractivity contribution in [2.45, 2.75) is 45.8 Å². The molecule has 1 aromatic rings. The van der Waals surface area contributed by atoms with E-state index in [9.17, 15) is 14.7 Å². The van der Waals surface area contributed by atoms with Gasteiger partial charge in [-0.2, -0.15) is 0 Å². The lowest BCUT2D eigenvalue weighted by atomic mass is 10.1. The molecule has 134 valence electrons. The molecule has 0 spiro atoms. The number of aldehydes is 1. The highest BCUT2D eigenvalue weighted by molar-refractivity contribution is 5.69. The first kappa shape index (κ1) is 22.2. The molecular formula is C19H23NO5. The molecule has 0 saturated heterocycles. The van der Waals surface area contributed by atoms with Gasteiger partial charge < -0.3 is 19.4 Å². The zero-order valence-corrected chi connectivity index (χ0v) is 14.6. The number of esters is 1. The van der Waals surface area contributed by atoms with Crippen molar-refractivity contribution in [3.63, 3.8) is 0 Å². The highest BCUT2D eigenvalue weighted by Gasteiger charge is 2.13. The van der Waals surface area contributed by atoms with Crippen LogP contribution in [0.3, 0.4) is 0 Å². The highest BCUT2D eigenvalue weighted by atomic mass is 16.5. The first-order valence-corrected chi connectivity index (χ1v) is 7.63. The van der Waals surface area contributed by atoms with Crippen molar-refractivity contribution in [1.29, 1.82) is 0 Å². The van der Waals surface area contributed by atoms with Gasteiger partial charge in [0.1, 0.15) is 18.6 Å². The summed E-state index contributed by atoms with van der Waals surface area (Å²) in [5.74, 6) is 4.40. The molecule has 1 aromatic heterocycles. The van der Waals surface area contributed by atoms with Crippen molar-refractivity contribution < 1.29 is 24.2 Å². The molecule has 0 atom stereocenters. The SMILES string of the molecule is C#CCCC(=O)OCc1cnc(C)c(O)c1COC.C#CCCC=O. The minimum atomic E-state index is -0.374. The molecule has 0 bridgehead atoms. The van der Waals surface area contributed by atoms with Gasteiger partial charge in [-0.3, -0.25) is 9.78 Å². The Labute approximate surface area is 148 Å². The Bertz CT molecular complexity index is 640. The van der Waals surface area contributed by atoms with Gasteiger partial charge >= 0.3 is 5.97 Å². The van der Waals surface area contributed by atoms with E-state index in [0.717, 1.165) is 6.29 Å². The van der Waals surface area contributed by atoms with Crippen LogP contribution in [-0.2, 0) is 32.3 Å². The maximum atomic E-state index is 11.4. The summed E-state index contributed by atoms with van der Waals surface area (Å²) in [4.78, 5) is 24.9. The van der Waals surface area contributed by atoms with Crippen molar-refractivity contribution in [1.82, 2.24) is 4.98 Å². The predicted octanol–water partition coefficient (Wildman–Crippen LogP) is 2.30. The molecule has 25 heavy (non-hydrogen) atoms. The molecule has 0 aliphatic rings. The van der Waals surface area contributed by atoms with Crippen molar-refractivity contribution in [2.24, 2.45) is 0 Å². The first-order valence-electron chi connectivity index (χ1n) is 7.63. The number of terminal acetylenes is 2. The third kappa shape index (κ3) is 9.14. The zero-order chi connectivity index (χ0) is 19.1. The van der Waals surface area contributed by atoms with E-state index >= 15 is 0 Å². The fourth-order valence-corrected chi connectivity index (χ4v) is 1.66. The number of carbonyl (C=O) groups is 2. The van der Waals surface area contributed by atoms with Crippen LogP contribution in [0.4, 0.5) is 0 Å². The average molecular weight is 345 g/mol. The highest BCUT2D eigenvalue weighted by Crippen LogP contribution is 2.25. The quantitative estimate of drug-likeness (QED) is 0.337. The van der Waals surface area contributed by atoms with Crippen LogP contribution >= 0.6 is 0 Å². The number of ether oxygens (including phenoxy) is 2. The molecule has 0 aromatic carbocycles. The van der Waals surface area contributed by atoms with Gasteiger partial charge in [0.2, 0.25) is 0 Å². The number of methoxy groups -OCH3 is 1. The van der Waals surface area contributed by atoms with Gasteiger partial charge in [0, 0.05) is 43.7 Å². The number of rotatable bonds is 8. The largest absolute Gasteiger partial charge is 0.506 e. The van der Waals surface area contributed by atoms with Crippen molar-refractivity contribution in [3.05, 3.63) is 23.0 Å². The molecule has 0 unspecified atom stereocenters. The lowest BCUT2D eigenvalue weighted by Crippen LogP contribution is -2.07. The van der Waals surface area contributed by atoms with E-state index in [4.69, 9.17) is 22.3 Å². The Balaban J connectivity index is 0.000000823. The second-order valence-corrected chi connectivity index (χ2v) is 4.90. The summed E-state index contributed by atoms with van der Waals surface area (Å²) in [5, 5.41) is 9.91. The van der Waals surface area contributed by atoms with Gasteiger partial charge in [-0.15, -0.1) is 24.7 Å². The van der Waals surface area contributed by atoms with Crippen LogP contribution in [0.15, 0.2) is 6.20 Å². The Kier molecular flexibility index (Phi) is 12.1. The number of aryl methyl sites for hydroxylation is 1. The fourth-order valence-electron chi connectivity index (χ4n) is 1.66. The summed E-state index contributed by atoms with van der Waals surface area (Å²) in [6.07, 6.45) is 13.9. The van der Waals surface area contributed by atoms with Gasteiger partial charge in [0.05, 0.1) is 18.7 Å². The molecule has 6 nitrogen and oxygen atoms in total. The molecule has 0 amide bonds. The Morgan fingerprint density at radius 2 is 2.00 bits per heavy atom. The number of carbonyl (C=O) groups excluding carboxylic acids is 2. The monoisotopic (exact) mass is 345 g/mol. The molecule has 6 heteroatoms. The van der Waals surface area contributed by atoms with Crippen molar-refractivity contribution in [3.8, 4) is 30.4 Å². The summed E-state index contributed by atoms with van der Waals surface area (Å²) in [5.41, 5.74) is 1.72. The third-order valence-corrected chi connectivity index (χ3v) is 2.99. The van der Waals surface area contributed by atoms with Gasteiger partial charge in [0.25, 0.3) is 0 Å². The number of hydrogen-bond donors (Lipinski definition) is 1. The fraction of sp³-hybridized carbons (Fsp3) is 0.421. The van der Waals surface area contributed by atoms with Gasteiger partial charge in [0.15, 0.2) is 0 Å². The molecule has 1 rings (SSSR count). The number of aromatic hydroxyl groups is 1. The molecule has 0 fully saturated rings. The zero-order valence-electron chi connectivity index (χ0n) is 14.6. The minimum absolute atomic E-state index is 0.0446. The van der Waals surface area contributed by atoms with E-state index < -0.39 is 0 Å². The van der Waals surface area contributed by atoms with Gasteiger partial charge in [-0.05, 0) is 6.92 Å². The van der Waals surface area contributed by atoms with E-state index in [1.807, 2.05) is 0 Å². The first-order chi connectivity index (χ1) is 12.0. The lowest BCUT2D eigenvalue weighted by molar-refractivity contribution is -0.144. The summed E-state index contributed by atoms with van der Waals surface area (Å²) in [6, 6.07) is 0. The summed E-state index contributed by atoms with van der Waals surface area (Å²) in [6.45, 7) is 1.96. The van der Waals surface area contributed by atoms with E-state index in [1.54, 1.807) is 13.1 Å². The maximum absolute atomic E-state index is 11.4. The van der Waals surface area contributed by atoms with Gasteiger partial charge in [-0.25, -0.2) is 0 Å². The van der Waals surface area contributed by atoms with Crippen LogP contribution < -0.4 is 0 Å². The summed E-state index contributed by atoms with van der Waals surface area (Å²) >= 11 is 0. The van der Waals surface area contributed by atoms with E-state index in [2.05, 4.69) is 16.8 Å². The van der Waals surface area contributed by atoms with E-state index in [-0.39, 0.29) is 31.4 Å². The Hall–Kier alpha value is -2.83. The molecule has 0 saturated carbocycles. The van der Waals surface area contributed by atoms with Crippen LogP contribution in [0.25, 0.3) is 0 Å². The summed E-state index contributed by atoms with van der Waals surface area (Å²) < 4.78 is 10.1. The number of hydrogen-bond acceptors (Lipinski definition) is 6. The van der Waals surface area contributed by atoms with Crippen LogP contribution in [0.1, 0.15) is 42.5 Å². The molecule has 0 aliphatic heterocycles. The second kappa shape index (κ2) is 13.6. The normalized spacial score (nSPS) is 9.12. The molecule has 0 aliphatic carbocycles. The number of aromatic nitrogens is 1. The maximum Gasteiger partial charge on any atom is 0.307 e. The summed E-state index contributed by atoms with van der Waals surface area (Å²) in [7, 11) is 1.53. The number of pyridine rings is 1. The minimum Gasteiger partial charge on any atom is -0.506 e. The van der Waals surface area contributed by atoms with Crippen molar-refractivity contribution in [2.75, 3.05) is 7.11 Å². The van der Waals surface area contributed by atoms with Gasteiger partial charge in [-0.1, -0.05) is 0 Å². The molecule has 1 heterocycles. The second-order valence-electron chi connectivity index (χ2n) is 4.90. The van der Waals surface area contributed by atoms with E-state index in [1.165, 1.54) is 7.11 Å². The van der Waals surface area contributed by atoms with Crippen LogP contribution in [0, 0.1) is 31.6 Å². The van der Waals surface area contributed by atoms with E-state index in [0.29, 0.717) is 36.1 Å². The molecule has 1 N–H and O–H groups in total. The topological polar surface area (TPSA) is 85.7 Å².